The number of methoxy groups -OCH3 is 2. The fourth-order valence-corrected chi connectivity index (χ4v) is 3.34. The average Bonchev–Trinajstić information content (AvgIpc) is 3.22. The first-order valence-electron chi connectivity index (χ1n) is 9.58. The van der Waals surface area contributed by atoms with Crippen LogP contribution in [0.4, 0.5) is 0 Å². The van der Waals surface area contributed by atoms with Gasteiger partial charge < -0.3 is 23.2 Å². The monoisotopic (exact) mass is 455 g/mol. The fraction of sp³-hybridized carbons (Fsp3) is 0.174. The number of esters is 1. The molecule has 32 heavy (non-hydrogen) atoms. The molecule has 0 atom stereocenters. The number of halogens is 1. The summed E-state index contributed by atoms with van der Waals surface area (Å²) in [4.78, 5) is 25.1. The molecule has 0 fully saturated rings. The molecule has 0 amide bonds. The van der Waals surface area contributed by atoms with E-state index in [9.17, 15) is 9.59 Å². The van der Waals surface area contributed by atoms with Crippen LogP contribution >= 0.6 is 11.6 Å². The number of carbonyl (C=O) groups excluding carboxylic acids is 1. The second-order valence-corrected chi connectivity index (χ2v) is 7.18. The Kier molecular flexibility index (Phi) is 6.13. The number of hydrogen-bond acceptors (Lipinski definition) is 8. The van der Waals surface area contributed by atoms with Crippen LogP contribution in [0.5, 0.6) is 17.2 Å². The van der Waals surface area contributed by atoms with Crippen LogP contribution in [0.1, 0.15) is 12.2 Å². The minimum Gasteiger partial charge on any atom is -0.493 e. The molecule has 0 N–H and O–H groups in total. The van der Waals surface area contributed by atoms with Crippen molar-refractivity contribution in [1.29, 1.82) is 0 Å². The van der Waals surface area contributed by atoms with E-state index in [1.807, 2.05) is 0 Å². The van der Waals surface area contributed by atoms with Crippen molar-refractivity contribution in [2.45, 2.75) is 12.8 Å². The van der Waals surface area contributed by atoms with Crippen molar-refractivity contribution < 1.29 is 27.9 Å². The molecule has 0 saturated carbocycles. The summed E-state index contributed by atoms with van der Waals surface area (Å²) in [6, 6.07) is 11.3. The number of fused-ring (bicyclic) bond motifs is 1. The molecule has 0 bridgehead atoms. The van der Waals surface area contributed by atoms with Gasteiger partial charge in [0, 0.05) is 18.6 Å². The SMILES string of the molecule is COc1ccc(-c2coc3cc(OC(=O)CCc4cc(Cl)no4)ccc3c2=O)cc1OC. The van der Waals surface area contributed by atoms with E-state index in [4.69, 9.17) is 34.8 Å². The zero-order valence-corrected chi connectivity index (χ0v) is 18.0. The molecule has 2 aromatic heterocycles. The summed E-state index contributed by atoms with van der Waals surface area (Å²) in [7, 11) is 3.06. The molecule has 0 aliphatic rings. The molecule has 0 spiro atoms. The number of aromatic nitrogens is 1. The molecule has 0 aliphatic heterocycles. The van der Waals surface area contributed by atoms with Crippen molar-refractivity contribution in [1.82, 2.24) is 5.16 Å². The Bertz CT molecular complexity index is 1340. The molecule has 0 aliphatic carbocycles. The predicted octanol–water partition coefficient (Wildman–Crippen LogP) is 4.66. The fourth-order valence-electron chi connectivity index (χ4n) is 3.19. The summed E-state index contributed by atoms with van der Waals surface area (Å²) in [5.41, 5.74) is 1.07. The topological polar surface area (TPSA) is 101 Å². The van der Waals surface area contributed by atoms with E-state index in [2.05, 4.69) is 5.16 Å². The first-order chi connectivity index (χ1) is 15.5. The molecular weight excluding hydrogens is 438 g/mol. The quantitative estimate of drug-likeness (QED) is 0.293. The Labute approximate surface area is 187 Å². The van der Waals surface area contributed by atoms with E-state index in [0.29, 0.717) is 45.8 Å². The third kappa shape index (κ3) is 4.45. The van der Waals surface area contributed by atoms with E-state index in [0.717, 1.165) is 0 Å². The van der Waals surface area contributed by atoms with Crippen molar-refractivity contribution in [2.75, 3.05) is 14.2 Å². The molecule has 0 radical (unpaired) electrons. The second kappa shape index (κ2) is 9.15. The van der Waals surface area contributed by atoms with Gasteiger partial charge in [-0.3, -0.25) is 9.59 Å². The van der Waals surface area contributed by atoms with E-state index in [-0.39, 0.29) is 22.8 Å². The average molecular weight is 456 g/mol. The maximum atomic E-state index is 13.0. The van der Waals surface area contributed by atoms with Crippen LogP contribution in [-0.2, 0) is 11.2 Å². The highest BCUT2D eigenvalue weighted by Crippen LogP contribution is 2.32. The van der Waals surface area contributed by atoms with Gasteiger partial charge in [-0.25, -0.2) is 0 Å². The number of ether oxygens (including phenoxy) is 3. The lowest BCUT2D eigenvalue weighted by Crippen LogP contribution is -2.09. The molecule has 164 valence electrons. The molecule has 2 aromatic carbocycles. The summed E-state index contributed by atoms with van der Waals surface area (Å²) in [6.07, 6.45) is 1.74. The summed E-state index contributed by atoms with van der Waals surface area (Å²) < 4.78 is 26.5. The summed E-state index contributed by atoms with van der Waals surface area (Å²) in [5, 5.41) is 4.13. The maximum Gasteiger partial charge on any atom is 0.311 e. The zero-order valence-electron chi connectivity index (χ0n) is 17.2. The minimum absolute atomic E-state index is 0.0751. The highest BCUT2D eigenvalue weighted by atomic mass is 35.5. The first kappa shape index (κ1) is 21.5. The van der Waals surface area contributed by atoms with E-state index in [1.165, 1.54) is 32.6 Å². The van der Waals surface area contributed by atoms with Gasteiger partial charge in [0.15, 0.2) is 22.1 Å². The van der Waals surface area contributed by atoms with Crippen LogP contribution in [0.3, 0.4) is 0 Å². The van der Waals surface area contributed by atoms with E-state index in [1.54, 1.807) is 30.3 Å². The highest BCUT2D eigenvalue weighted by Gasteiger charge is 2.14. The Morgan fingerprint density at radius 2 is 1.88 bits per heavy atom. The van der Waals surface area contributed by atoms with Crippen LogP contribution in [0.2, 0.25) is 5.15 Å². The van der Waals surface area contributed by atoms with Crippen molar-refractivity contribution in [2.24, 2.45) is 0 Å². The summed E-state index contributed by atoms with van der Waals surface area (Å²) in [6.45, 7) is 0. The molecule has 4 aromatic rings. The van der Waals surface area contributed by atoms with Gasteiger partial charge in [-0.1, -0.05) is 22.8 Å². The number of benzene rings is 2. The molecule has 0 saturated heterocycles. The van der Waals surface area contributed by atoms with Gasteiger partial charge in [-0.05, 0) is 29.8 Å². The number of aryl methyl sites for hydroxylation is 1. The second-order valence-electron chi connectivity index (χ2n) is 6.80. The normalized spacial score (nSPS) is 10.8. The highest BCUT2D eigenvalue weighted by molar-refractivity contribution is 6.29. The predicted molar refractivity (Wildman–Crippen MR) is 116 cm³/mol. The Hall–Kier alpha value is -3.78. The van der Waals surface area contributed by atoms with E-state index < -0.39 is 5.97 Å². The van der Waals surface area contributed by atoms with Crippen molar-refractivity contribution >= 4 is 28.5 Å². The molecule has 9 heteroatoms. The third-order valence-electron chi connectivity index (χ3n) is 4.78. The largest absolute Gasteiger partial charge is 0.493 e. The molecule has 8 nitrogen and oxygen atoms in total. The van der Waals surface area contributed by atoms with Crippen LogP contribution in [0.15, 0.2) is 62.5 Å². The van der Waals surface area contributed by atoms with Crippen molar-refractivity contribution in [3.05, 3.63) is 69.9 Å². The van der Waals surface area contributed by atoms with Gasteiger partial charge in [0.1, 0.15) is 23.4 Å². The lowest BCUT2D eigenvalue weighted by Gasteiger charge is -2.10. The lowest BCUT2D eigenvalue weighted by molar-refractivity contribution is -0.134. The van der Waals surface area contributed by atoms with Crippen molar-refractivity contribution in [3.8, 4) is 28.4 Å². The van der Waals surface area contributed by atoms with Crippen LogP contribution in [0.25, 0.3) is 22.1 Å². The first-order valence-corrected chi connectivity index (χ1v) is 9.96. The van der Waals surface area contributed by atoms with Crippen LogP contribution in [-0.4, -0.2) is 25.3 Å². The number of hydrogen-bond donors (Lipinski definition) is 0. The molecule has 2 heterocycles. The number of nitrogens with zero attached hydrogens (tertiary/aromatic N) is 1. The van der Waals surface area contributed by atoms with Gasteiger partial charge in [0.2, 0.25) is 0 Å². The van der Waals surface area contributed by atoms with Gasteiger partial charge >= 0.3 is 5.97 Å². The van der Waals surface area contributed by atoms with Gasteiger partial charge in [0.25, 0.3) is 0 Å². The molecule has 4 rings (SSSR count). The lowest BCUT2D eigenvalue weighted by atomic mass is 10.0. The third-order valence-corrected chi connectivity index (χ3v) is 4.96. The summed E-state index contributed by atoms with van der Waals surface area (Å²) >= 11 is 5.68. The summed E-state index contributed by atoms with van der Waals surface area (Å²) in [5.74, 6) is 1.33. The Morgan fingerprint density at radius 1 is 1.06 bits per heavy atom. The molecular formula is C23H18ClNO7. The Morgan fingerprint density at radius 3 is 2.59 bits per heavy atom. The smallest absolute Gasteiger partial charge is 0.311 e. The standard InChI is InChI=1S/C23H18ClNO7/c1-28-18-7-3-13(9-20(18)29-2)17-12-30-19-10-14(4-6-16(19)23(17)27)31-22(26)8-5-15-11-21(24)25-32-15/h3-4,6-7,9-12H,5,8H2,1-2H3. The van der Waals surface area contributed by atoms with E-state index >= 15 is 0 Å². The van der Waals surface area contributed by atoms with Gasteiger partial charge in [-0.15, -0.1) is 0 Å². The van der Waals surface area contributed by atoms with Gasteiger partial charge in [-0.2, -0.15) is 0 Å². The van der Waals surface area contributed by atoms with Crippen LogP contribution in [0, 0.1) is 0 Å². The maximum absolute atomic E-state index is 13.0. The number of rotatable bonds is 7. The Balaban J connectivity index is 1.54. The van der Waals surface area contributed by atoms with Crippen molar-refractivity contribution in [3.63, 3.8) is 0 Å². The molecule has 0 unspecified atom stereocenters. The van der Waals surface area contributed by atoms with Gasteiger partial charge in [0.05, 0.1) is 31.6 Å². The minimum atomic E-state index is -0.471. The zero-order chi connectivity index (χ0) is 22.7. The van der Waals surface area contributed by atoms with Crippen LogP contribution < -0.4 is 19.6 Å². The number of carbonyl (C=O) groups is 1.